The summed E-state index contributed by atoms with van der Waals surface area (Å²) in [5, 5.41) is 0.690. The van der Waals surface area contributed by atoms with Gasteiger partial charge >= 0.3 is 0 Å². The molecule has 0 aliphatic heterocycles. The molecule has 0 aromatic carbocycles. The molecule has 0 aliphatic rings. The van der Waals surface area contributed by atoms with Crippen LogP contribution in [0.5, 0.6) is 0 Å². The van der Waals surface area contributed by atoms with Gasteiger partial charge < -0.3 is 15.5 Å². The summed E-state index contributed by atoms with van der Waals surface area (Å²) in [6, 6.07) is 0. The normalized spacial score (nSPS) is 11.2. The number of rotatable bonds is 4. The van der Waals surface area contributed by atoms with Crippen LogP contribution >= 0.6 is 11.3 Å². The van der Waals surface area contributed by atoms with Gasteiger partial charge in [-0.25, -0.2) is 4.98 Å². The molecule has 0 unspecified atom stereocenters. The van der Waals surface area contributed by atoms with Gasteiger partial charge in [0.2, 0.25) is 0 Å². The molecule has 2 rings (SSSR count). The van der Waals surface area contributed by atoms with Crippen LogP contribution in [0.3, 0.4) is 0 Å². The average Bonchev–Trinajstić information content (AvgIpc) is 2.55. The van der Waals surface area contributed by atoms with E-state index in [1.165, 1.54) is 11.3 Å². The zero-order valence-corrected chi connectivity index (χ0v) is 10.7. The zero-order valence-electron chi connectivity index (χ0n) is 9.87. The maximum Gasteiger partial charge on any atom is 0.259 e. The molecule has 0 bridgehead atoms. The number of hydrogen-bond donors (Lipinski definition) is 2. The van der Waals surface area contributed by atoms with Crippen LogP contribution in [0.2, 0.25) is 0 Å². The van der Waals surface area contributed by atoms with Crippen molar-refractivity contribution >= 4 is 21.6 Å². The number of aromatic amines is 1. The smallest absolute Gasteiger partial charge is 0.259 e. The fourth-order valence-corrected chi connectivity index (χ4v) is 2.67. The van der Waals surface area contributed by atoms with Crippen LogP contribution in [0, 0.1) is 13.8 Å². The van der Waals surface area contributed by atoms with Crippen molar-refractivity contribution in [1.82, 2.24) is 9.97 Å². The number of aromatic nitrogens is 2. The summed E-state index contributed by atoms with van der Waals surface area (Å²) in [6.07, 6.45) is 0. The minimum absolute atomic E-state index is 0.0943. The molecular weight excluding hydrogens is 238 g/mol. The van der Waals surface area contributed by atoms with E-state index in [-0.39, 0.29) is 5.56 Å². The molecule has 92 valence electrons. The summed E-state index contributed by atoms with van der Waals surface area (Å²) in [6.45, 7) is 5.15. The molecular formula is C11H15N3O2S. The van der Waals surface area contributed by atoms with Crippen molar-refractivity contribution < 1.29 is 4.74 Å². The fraction of sp³-hybridized carbons (Fsp3) is 0.455. The van der Waals surface area contributed by atoms with Gasteiger partial charge in [-0.1, -0.05) is 0 Å². The van der Waals surface area contributed by atoms with Crippen LogP contribution in [0.1, 0.15) is 16.3 Å². The highest BCUT2D eigenvalue weighted by Gasteiger charge is 2.11. The van der Waals surface area contributed by atoms with Crippen molar-refractivity contribution in [3.05, 3.63) is 26.6 Å². The molecule has 3 N–H and O–H groups in total. The van der Waals surface area contributed by atoms with Gasteiger partial charge in [-0.3, -0.25) is 4.79 Å². The first-order valence-electron chi connectivity index (χ1n) is 5.40. The molecule has 6 heteroatoms. The number of nitrogens with one attached hydrogen (secondary N) is 1. The highest BCUT2D eigenvalue weighted by molar-refractivity contribution is 7.18. The lowest BCUT2D eigenvalue weighted by molar-refractivity contribution is 0.122. The number of hydrogen-bond acceptors (Lipinski definition) is 5. The molecule has 17 heavy (non-hydrogen) atoms. The largest absolute Gasteiger partial charge is 0.372 e. The van der Waals surface area contributed by atoms with E-state index in [9.17, 15) is 4.79 Å². The van der Waals surface area contributed by atoms with Crippen LogP contribution in [-0.4, -0.2) is 23.1 Å². The van der Waals surface area contributed by atoms with Gasteiger partial charge in [0.1, 0.15) is 17.3 Å². The fourth-order valence-electron chi connectivity index (χ4n) is 1.62. The number of nitrogens with zero attached hydrogens (tertiary/aromatic N) is 1. The summed E-state index contributed by atoms with van der Waals surface area (Å²) in [4.78, 5) is 20.9. The van der Waals surface area contributed by atoms with E-state index in [1.54, 1.807) is 0 Å². The molecule has 2 aromatic rings. The van der Waals surface area contributed by atoms with Crippen LogP contribution in [-0.2, 0) is 11.3 Å². The van der Waals surface area contributed by atoms with Crippen LogP contribution in [0.15, 0.2) is 4.79 Å². The second kappa shape index (κ2) is 4.95. The number of nitrogens with two attached hydrogens (primary N) is 1. The zero-order chi connectivity index (χ0) is 12.4. The number of fused-ring (bicyclic) bond motifs is 1. The van der Waals surface area contributed by atoms with Crippen molar-refractivity contribution in [1.29, 1.82) is 0 Å². The molecule has 5 nitrogen and oxygen atoms in total. The topological polar surface area (TPSA) is 81.0 Å². The molecule has 0 saturated carbocycles. The van der Waals surface area contributed by atoms with Gasteiger partial charge in [-0.05, 0) is 19.4 Å². The maximum atomic E-state index is 11.9. The first-order valence-corrected chi connectivity index (χ1v) is 6.22. The summed E-state index contributed by atoms with van der Waals surface area (Å²) in [5.74, 6) is 0.553. The molecule has 0 amide bonds. The minimum atomic E-state index is -0.0943. The first-order chi connectivity index (χ1) is 8.13. The van der Waals surface area contributed by atoms with Crippen molar-refractivity contribution in [2.75, 3.05) is 13.2 Å². The molecule has 0 atom stereocenters. The number of H-pyrrole nitrogens is 1. The Hall–Kier alpha value is -1.24. The second-order valence-corrected chi connectivity index (χ2v) is 5.02. The van der Waals surface area contributed by atoms with E-state index in [4.69, 9.17) is 10.5 Å². The Morgan fingerprint density at radius 3 is 2.94 bits per heavy atom. The van der Waals surface area contributed by atoms with E-state index >= 15 is 0 Å². The average molecular weight is 253 g/mol. The monoisotopic (exact) mass is 253 g/mol. The summed E-state index contributed by atoms with van der Waals surface area (Å²) < 4.78 is 5.26. The van der Waals surface area contributed by atoms with Crippen LogP contribution in [0.25, 0.3) is 10.2 Å². The Labute approximate surface area is 103 Å². The van der Waals surface area contributed by atoms with E-state index in [0.29, 0.717) is 31.0 Å². The Morgan fingerprint density at radius 2 is 2.24 bits per heavy atom. The molecule has 2 heterocycles. The molecule has 0 aliphatic carbocycles. The Morgan fingerprint density at radius 1 is 1.47 bits per heavy atom. The molecule has 0 saturated heterocycles. The van der Waals surface area contributed by atoms with E-state index in [1.807, 2.05) is 13.8 Å². The van der Waals surface area contributed by atoms with E-state index in [2.05, 4.69) is 9.97 Å². The van der Waals surface area contributed by atoms with Gasteiger partial charge in [0.15, 0.2) is 0 Å². The summed E-state index contributed by atoms with van der Waals surface area (Å²) >= 11 is 1.53. The molecule has 0 fully saturated rings. The standard InChI is InChI=1S/C11H15N3O2S/c1-6-7(2)17-11-9(6)10(15)13-8(14-11)5-16-4-3-12/h3-5,12H2,1-2H3,(H,13,14,15). The Bertz CT molecular complexity index is 588. The highest BCUT2D eigenvalue weighted by atomic mass is 32.1. The lowest BCUT2D eigenvalue weighted by atomic mass is 10.2. The van der Waals surface area contributed by atoms with Gasteiger partial charge in [0.05, 0.1) is 12.0 Å². The van der Waals surface area contributed by atoms with Gasteiger partial charge in [-0.2, -0.15) is 0 Å². The number of aryl methyl sites for hydroxylation is 2. The van der Waals surface area contributed by atoms with Crippen molar-refractivity contribution in [3.63, 3.8) is 0 Å². The summed E-state index contributed by atoms with van der Waals surface area (Å²) in [7, 11) is 0. The van der Waals surface area contributed by atoms with Crippen LogP contribution in [0.4, 0.5) is 0 Å². The predicted octanol–water partition coefficient (Wildman–Crippen LogP) is 1.08. The molecule has 0 radical (unpaired) electrons. The van der Waals surface area contributed by atoms with E-state index in [0.717, 1.165) is 15.3 Å². The van der Waals surface area contributed by atoms with Crippen LogP contribution < -0.4 is 11.3 Å². The van der Waals surface area contributed by atoms with Gasteiger partial charge in [-0.15, -0.1) is 11.3 Å². The number of thiophene rings is 1. The lowest BCUT2D eigenvalue weighted by Crippen LogP contribution is -2.14. The minimum Gasteiger partial charge on any atom is -0.372 e. The quantitative estimate of drug-likeness (QED) is 0.799. The second-order valence-electron chi connectivity index (χ2n) is 3.82. The number of ether oxygens (including phenoxy) is 1. The third-order valence-electron chi connectivity index (χ3n) is 2.59. The predicted molar refractivity (Wildman–Crippen MR) is 68.4 cm³/mol. The highest BCUT2D eigenvalue weighted by Crippen LogP contribution is 2.25. The van der Waals surface area contributed by atoms with E-state index < -0.39 is 0 Å². The Balaban J connectivity index is 2.39. The van der Waals surface area contributed by atoms with Crippen molar-refractivity contribution in [3.8, 4) is 0 Å². The lowest BCUT2D eigenvalue weighted by Gasteiger charge is -2.01. The van der Waals surface area contributed by atoms with Crippen molar-refractivity contribution in [2.45, 2.75) is 20.5 Å². The third-order valence-corrected chi connectivity index (χ3v) is 3.69. The maximum absolute atomic E-state index is 11.9. The van der Waals surface area contributed by atoms with Gasteiger partial charge in [0, 0.05) is 11.4 Å². The molecule has 0 spiro atoms. The molecule has 2 aromatic heterocycles. The van der Waals surface area contributed by atoms with Crippen molar-refractivity contribution in [2.24, 2.45) is 5.73 Å². The Kier molecular flexibility index (Phi) is 3.56. The van der Waals surface area contributed by atoms with Gasteiger partial charge in [0.25, 0.3) is 5.56 Å². The summed E-state index contributed by atoms with van der Waals surface area (Å²) in [5.41, 5.74) is 6.23. The first kappa shape index (κ1) is 12.2. The SMILES string of the molecule is Cc1sc2nc(COCCN)[nH]c(=O)c2c1C. The third kappa shape index (κ3) is 2.38.